The Labute approximate surface area is 88.6 Å². The Morgan fingerprint density at radius 2 is 1.93 bits per heavy atom. The zero-order valence-electron chi connectivity index (χ0n) is 9.43. The number of H-pyrrole nitrogens is 1. The standard InChI is InChI=1S/C11H15NO3/c1-5-15-11(14)9-6(2)7(3)12-10(9)8(4)13/h12H,5H2,1-4H3. The van der Waals surface area contributed by atoms with Gasteiger partial charge in [0, 0.05) is 12.6 Å². The lowest BCUT2D eigenvalue weighted by Gasteiger charge is -2.02. The van der Waals surface area contributed by atoms with Gasteiger partial charge in [-0.2, -0.15) is 0 Å². The zero-order chi connectivity index (χ0) is 11.6. The fourth-order valence-corrected chi connectivity index (χ4v) is 1.44. The molecule has 0 spiro atoms. The number of nitrogens with one attached hydrogen (secondary N) is 1. The first-order valence-corrected chi connectivity index (χ1v) is 4.86. The van der Waals surface area contributed by atoms with Gasteiger partial charge in [-0.25, -0.2) is 4.79 Å². The first-order chi connectivity index (χ1) is 6.99. The summed E-state index contributed by atoms with van der Waals surface area (Å²) in [6.07, 6.45) is 0. The van der Waals surface area contributed by atoms with Gasteiger partial charge < -0.3 is 9.72 Å². The van der Waals surface area contributed by atoms with Crippen LogP contribution >= 0.6 is 0 Å². The van der Waals surface area contributed by atoms with E-state index >= 15 is 0 Å². The van der Waals surface area contributed by atoms with Crippen LogP contribution in [-0.4, -0.2) is 23.3 Å². The van der Waals surface area contributed by atoms with E-state index in [0.29, 0.717) is 17.9 Å². The molecule has 1 heterocycles. The van der Waals surface area contributed by atoms with E-state index in [1.54, 1.807) is 13.8 Å². The molecular formula is C11H15NO3. The fourth-order valence-electron chi connectivity index (χ4n) is 1.44. The third kappa shape index (κ3) is 2.09. The molecule has 1 aromatic rings. The van der Waals surface area contributed by atoms with Gasteiger partial charge in [0.1, 0.15) is 0 Å². The zero-order valence-corrected chi connectivity index (χ0v) is 9.43. The largest absolute Gasteiger partial charge is 0.462 e. The van der Waals surface area contributed by atoms with Crippen LogP contribution in [0.1, 0.15) is 46.0 Å². The van der Waals surface area contributed by atoms with Crippen molar-refractivity contribution in [3.05, 3.63) is 22.5 Å². The normalized spacial score (nSPS) is 10.1. The van der Waals surface area contributed by atoms with E-state index in [9.17, 15) is 9.59 Å². The van der Waals surface area contributed by atoms with E-state index in [1.165, 1.54) is 6.92 Å². The molecule has 0 aliphatic heterocycles. The Morgan fingerprint density at radius 3 is 2.40 bits per heavy atom. The summed E-state index contributed by atoms with van der Waals surface area (Å²) >= 11 is 0. The second kappa shape index (κ2) is 4.29. The molecule has 82 valence electrons. The summed E-state index contributed by atoms with van der Waals surface area (Å²) in [4.78, 5) is 25.8. The number of Topliss-reactive ketones (excluding diaryl/α,β-unsaturated/α-hetero) is 1. The topological polar surface area (TPSA) is 59.2 Å². The Balaban J connectivity index is 3.25. The van der Waals surface area contributed by atoms with Gasteiger partial charge in [0.15, 0.2) is 5.78 Å². The minimum absolute atomic E-state index is 0.158. The lowest BCUT2D eigenvalue weighted by atomic mass is 10.1. The molecule has 0 bridgehead atoms. The Bertz CT molecular complexity index is 404. The molecule has 0 saturated heterocycles. The molecule has 0 radical (unpaired) electrons. The van der Waals surface area contributed by atoms with Crippen molar-refractivity contribution in [2.24, 2.45) is 0 Å². The fraction of sp³-hybridized carbons (Fsp3) is 0.455. The lowest BCUT2D eigenvalue weighted by Crippen LogP contribution is -2.10. The van der Waals surface area contributed by atoms with E-state index < -0.39 is 5.97 Å². The summed E-state index contributed by atoms with van der Waals surface area (Å²) in [7, 11) is 0. The smallest absolute Gasteiger partial charge is 0.340 e. The van der Waals surface area contributed by atoms with Gasteiger partial charge in [-0.05, 0) is 26.3 Å². The van der Waals surface area contributed by atoms with Crippen LogP contribution in [0.2, 0.25) is 0 Å². The molecular weight excluding hydrogens is 194 g/mol. The molecule has 1 aromatic heterocycles. The predicted molar refractivity (Wildman–Crippen MR) is 56.2 cm³/mol. The van der Waals surface area contributed by atoms with E-state index in [0.717, 1.165) is 11.3 Å². The van der Waals surface area contributed by atoms with Gasteiger partial charge in [-0.15, -0.1) is 0 Å². The van der Waals surface area contributed by atoms with Crippen molar-refractivity contribution in [1.82, 2.24) is 4.98 Å². The molecule has 0 fully saturated rings. The van der Waals surface area contributed by atoms with Crippen LogP contribution in [0.4, 0.5) is 0 Å². The highest BCUT2D eigenvalue weighted by Crippen LogP contribution is 2.19. The Hall–Kier alpha value is -1.58. The molecule has 0 atom stereocenters. The number of carbonyl (C=O) groups is 2. The summed E-state index contributed by atoms with van der Waals surface area (Å²) < 4.78 is 4.90. The molecule has 0 saturated carbocycles. The van der Waals surface area contributed by atoms with Gasteiger partial charge in [-0.1, -0.05) is 0 Å². The number of ether oxygens (including phenoxy) is 1. The minimum atomic E-state index is -0.440. The summed E-state index contributed by atoms with van der Waals surface area (Å²) in [5.74, 6) is -0.598. The number of ketones is 1. The van der Waals surface area contributed by atoms with Crippen LogP contribution in [-0.2, 0) is 4.74 Å². The number of rotatable bonds is 3. The van der Waals surface area contributed by atoms with Crippen LogP contribution in [0, 0.1) is 13.8 Å². The second-order valence-corrected chi connectivity index (χ2v) is 3.40. The number of carbonyl (C=O) groups excluding carboxylic acids is 2. The monoisotopic (exact) mass is 209 g/mol. The van der Waals surface area contributed by atoms with E-state index in [4.69, 9.17) is 4.74 Å². The van der Waals surface area contributed by atoms with Crippen LogP contribution in [0.15, 0.2) is 0 Å². The van der Waals surface area contributed by atoms with E-state index in [-0.39, 0.29) is 5.78 Å². The molecule has 1 rings (SSSR count). The highest BCUT2D eigenvalue weighted by Gasteiger charge is 2.22. The average Bonchev–Trinajstić information content (AvgIpc) is 2.44. The summed E-state index contributed by atoms with van der Waals surface area (Å²) in [5, 5.41) is 0. The van der Waals surface area contributed by atoms with Crippen molar-refractivity contribution in [3.8, 4) is 0 Å². The van der Waals surface area contributed by atoms with Crippen molar-refractivity contribution >= 4 is 11.8 Å². The SMILES string of the molecule is CCOC(=O)c1c(C(C)=O)[nH]c(C)c1C. The minimum Gasteiger partial charge on any atom is -0.462 e. The van der Waals surface area contributed by atoms with Gasteiger partial charge >= 0.3 is 5.97 Å². The van der Waals surface area contributed by atoms with Crippen molar-refractivity contribution in [2.75, 3.05) is 6.61 Å². The van der Waals surface area contributed by atoms with Gasteiger partial charge in [-0.3, -0.25) is 4.79 Å². The third-order valence-electron chi connectivity index (χ3n) is 2.33. The summed E-state index contributed by atoms with van der Waals surface area (Å²) in [6, 6.07) is 0. The quantitative estimate of drug-likeness (QED) is 0.612. The van der Waals surface area contributed by atoms with Crippen LogP contribution < -0.4 is 0 Å². The molecule has 0 aliphatic carbocycles. The summed E-state index contributed by atoms with van der Waals surface area (Å²) in [6.45, 7) is 7.09. The maximum absolute atomic E-state index is 11.6. The van der Waals surface area contributed by atoms with E-state index in [2.05, 4.69) is 4.98 Å². The molecule has 0 aliphatic rings. The maximum Gasteiger partial charge on any atom is 0.340 e. The molecule has 15 heavy (non-hydrogen) atoms. The average molecular weight is 209 g/mol. The second-order valence-electron chi connectivity index (χ2n) is 3.40. The number of esters is 1. The lowest BCUT2D eigenvalue weighted by molar-refractivity contribution is 0.0522. The van der Waals surface area contributed by atoms with Crippen LogP contribution in [0.5, 0.6) is 0 Å². The first-order valence-electron chi connectivity index (χ1n) is 4.86. The van der Waals surface area contributed by atoms with Crippen molar-refractivity contribution < 1.29 is 14.3 Å². The molecule has 0 aromatic carbocycles. The Kier molecular flexibility index (Phi) is 3.29. The van der Waals surface area contributed by atoms with Gasteiger partial charge in [0.05, 0.1) is 17.9 Å². The number of hydrogen-bond acceptors (Lipinski definition) is 3. The molecule has 0 unspecified atom stereocenters. The first kappa shape index (κ1) is 11.5. The molecule has 4 heteroatoms. The summed E-state index contributed by atoms with van der Waals surface area (Å²) in [5.41, 5.74) is 2.30. The van der Waals surface area contributed by atoms with E-state index in [1.807, 2.05) is 6.92 Å². The highest BCUT2D eigenvalue weighted by molar-refractivity contribution is 6.05. The number of aromatic amines is 1. The van der Waals surface area contributed by atoms with Crippen molar-refractivity contribution in [3.63, 3.8) is 0 Å². The number of aryl methyl sites for hydroxylation is 1. The Morgan fingerprint density at radius 1 is 1.33 bits per heavy atom. The van der Waals surface area contributed by atoms with Gasteiger partial charge in [0.2, 0.25) is 0 Å². The van der Waals surface area contributed by atoms with Crippen LogP contribution in [0.25, 0.3) is 0 Å². The number of hydrogen-bond donors (Lipinski definition) is 1. The van der Waals surface area contributed by atoms with Crippen molar-refractivity contribution in [1.29, 1.82) is 0 Å². The van der Waals surface area contributed by atoms with Crippen LogP contribution in [0.3, 0.4) is 0 Å². The van der Waals surface area contributed by atoms with Crippen molar-refractivity contribution in [2.45, 2.75) is 27.7 Å². The third-order valence-corrected chi connectivity index (χ3v) is 2.33. The molecule has 1 N–H and O–H groups in total. The van der Waals surface area contributed by atoms with Gasteiger partial charge in [0.25, 0.3) is 0 Å². The number of aromatic nitrogens is 1. The molecule has 0 amide bonds. The highest BCUT2D eigenvalue weighted by atomic mass is 16.5. The predicted octanol–water partition coefficient (Wildman–Crippen LogP) is 2.01. The molecule has 4 nitrogen and oxygen atoms in total. The maximum atomic E-state index is 11.6.